The summed E-state index contributed by atoms with van der Waals surface area (Å²) in [5.41, 5.74) is 6.72. The first-order valence-corrected chi connectivity index (χ1v) is 9.92. The fourth-order valence-corrected chi connectivity index (χ4v) is 5.23. The number of sulfonamides is 1. The van der Waals surface area contributed by atoms with E-state index in [-0.39, 0.29) is 0 Å². The third-order valence-electron chi connectivity index (χ3n) is 3.52. The average Bonchev–Trinajstić information content (AvgIpc) is 3.01. The molecule has 23 heavy (non-hydrogen) atoms. The van der Waals surface area contributed by atoms with Crippen molar-refractivity contribution >= 4 is 27.3 Å². The molecule has 0 aromatic carbocycles. The van der Waals surface area contributed by atoms with E-state index in [1.54, 1.807) is 16.4 Å². The molecule has 1 aliphatic rings. The van der Waals surface area contributed by atoms with Crippen LogP contribution in [0.1, 0.15) is 31.1 Å². The maximum Gasteiger partial charge on any atom is 0.252 e. The minimum absolute atomic E-state index is 0.335. The third-order valence-corrected chi connectivity index (χ3v) is 6.96. The maximum absolute atomic E-state index is 12.6. The van der Waals surface area contributed by atoms with Gasteiger partial charge in [0.15, 0.2) is 5.96 Å². The molecule has 0 saturated carbocycles. The highest BCUT2D eigenvalue weighted by Crippen LogP contribution is 2.27. The topological polar surface area (TPSA) is 87.8 Å². The van der Waals surface area contributed by atoms with E-state index < -0.39 is 10.0 Å². The summed E-state index contributed by atoms with van der Waals surface area (Å²) in [6, 6.07) is 3.47. The van der Waals surface area contributed by atoms with Gasteiger partial charge < -0.3 is 11.1 Å². The van der Waals surface area contributed by atoms with Crippen LogP contribution in [0.5, 0.6) is 0 Å². The summed E-state index contributed by atoms with van der Waals surface area (Å²) in [6.45, 7) is 7.86. The number of rotatable bonds is 6. The van der Waals surface area contributed by atoms with Crippen molar-refractivity contribution in [3.63, 3.8) is 0 Å². The molecular formula is C15H24N4O2S2. The summed E-state index contributed by atoms with van der Waals surface area (Å²) in [5, 5.41) is 2.95. The van der Waals surface area contributed by atoms with Crippen LogP contribution in [0.15, 0.2) is 33.5 Å². The molecule has 0 aliphatic carbocycles. The Kier molecular flexibility index (Phi) is 6.20. The monoisotopic (exact) mass is 356 g/mol. The smallest absolute Gasteiger partial charge is 0.252 e. The summed E-state index contributed by atoms with van der Waals surface area (Å²) >= 11 is 1.26. The van der Waals surface area contributed by atoms with E-state index in [0.29, 0.717) is 36.3 Å². The molecular weight excluding hydrogens is 332 g/mol. The minimum atomic E-state index is -3.36. The largest absolute Gasteiger partial charge is 0.370 e. The maximum atomic E-state index is 12.6. The highest BCUT2D eigenvalue weighted by molar-refractivity contribution is 7.91. The van der Waals surface area contributed by atoms with Crippen molar-refractivity contribution in [1.82, 2.24) is 9.62 Å². The summed E-state index contributed by atoms with van der Waals surface area (Å²) in [6.07, 6.45) is 2.98. The molecule has 128 valence electrons. The van der Waals surface area contributed by atoms with Crippen LogP contribution in [-0.4, -0.2) is 38.3 Å². The van der Waals surface area contributed by atoms with Crippen LogP contribution in [0.2, 0.25) is 0 Å². The zero-order chi connectivity index (χ0) is 16.9. The zero-order valence-corrected chi connectivity index (χ0v) is 15.0. The highest BCUT2D eigenvalue weighted by Gasteiger charge is 2.27. The number of hydrogen-bond donors (Lipinski definition) is 2. The molecule has 2 rings (SSSR count). The van der Waals surface area contributed by atoms with E-state index in [2.05, 4.69) is 16.9 Å². The first-order valence-electron chi connectivity index (χ1n) is 7.66. The van der Waals surface area contributed by atoms with Crippen LogP contribution in [0.4, 0.5) is 0 Å². The van der Waals surface area contributed by atoms with Gasteiger partial charge in [-0.1, -0.05) is 18.6 Å². The van der Waals surface area contributed by atoms with Crippen LogP contribution < -0.4 is 11.1 Å². The number of aliphatic imine (C=N–C) groups is 1. The number of nitrogens with two attached hydrogens (primary N) is 1. The minimum Gasteiger partial charge on any atom is -0.370 e. The Morgan fingerprint density at radius 1 is 1.39 bits per heavy atom. The van der Waals surface area contributed by atoms with Crippen molar-refractivity contribution in [3.8, 4) is 0 Å². The van der Waals surface area contributed by atoms with Gasteiger partial charge in [0.2, 0.25) is 0 Å². The summed E-state index contributed by atoms with van der Waals surface area (Å²) in [7, 11) is -3.36. The van der Waals surface area contributed by atoms with Gasteiger partial charge in [-0.2, -0.15) is 4.31 Å². The van der Waals surface area contributed by atoms with Crippen LogP contribution in [0, 0.1) is 0 Å². The standard InChI is InChI=1S/C15H24N4O2S2/c1-12(2)10-17-15(16)18-11-13-6-7-14(22-13)23(20,21)19-8-4-3-5-9-19/h6-7H,1,3-5,8-11H2,2H3,(H3,16,17,18). The molecule has 2 heterocycles. The molecule has 3 N–H and O–H groups in total. The van der Waals surface area contributed by atoms with E-state index in [0.717, 1.165) is 29.7 Å². The molecule has 6 nitrogen and oxygen atoms in total. The molecule has 0 bridgehead atoms. The molecule has 1 fully saturated rings. The SMILES string of the molecule is C=C(C)CNC(N)=NCc1ccc(S(=O)(=O)N2CCCCC2)s1. The van der Waals surface area contributed by atoms with Crippen molar-refractivity contribution in [2.75, 3.05) is 19.6 Å². The zero-order valence-electron chi connectivity index (χ0n) is 13.4. The molecule has 1 aromatic heterocycles. The molecule has 0 spiro atoms. The number of hydrogen-bond acceptors (Lipinski definition) is 4. The molecule has 0 amide bonds. The van der Waals surface area contributed by atoms with Gasteiger partial charge in [-0.3, -0.25) is 0 Å². The number of piperidine rings is 1. The van der Waals surface area contributed by atoms with Gasteiger partial charge in [0, 0.05) is 24.5 Å². The van der Waals surface area contributed by atoms with E-state index in [4.69, 9.17) is 5.73 Å². The van der Waals surface area contributed by atoms with Crippen molar-refractivity contribution in [2.45, 2.75) is 36.9 Å². The first kappa shape index (κ1) is 18.0. The summed E-state index contributed by atoms with van der Waals surface area (Å²) in [5.74, 6) is 0.335. The van der Waals surface area contributed by atoms with Gasteiger partial charge in [-0.15, -0.1) is 11.3 Å². The Morgan fingerprint density at radius 3 is 2.74 bits per heavy atom. The van der Waals surface area contributed by atoms with Crippen molar-refractivity contribution in [3.05, 3.63) is 29.2 Å². The number of nitrogens with one attached hydrogen (secondary N) is 1. The second-order valence-electron chi connectivity index (χ2n) is 5.70. The van der Waals surface area contributed by atoms with Gasteiger partial charge in [-0.05, 0) is 31.9 Å². The molecule has 0 atom stereocenters. The van der Waals surface area contributed by atoms with E-state index >= 15 is 0 Å². The fourth-order valence-electron chi connectivity index (χ4n) is 2.27. The Morgan fingerprint density at radius 2 is 2.09 bits per heavy atom. The van der Waals surface area contributed by atoms with Crippen LogP contribution in [-0.2, 0) is 16.6 Å². The van der Waals surface area contributed by atoms with Gasteiger partial charge in [0.05, 0.1) is 6.54 Å². The first-order chi connectivity index (χ1) is 10.9. The fraction of sp³-hybridized carbons (Fsp3) is 0.533. The lowest BCUT2D eigenvalue weighted by Gasteiger charge is -2.25. The third kappa shape index (κ3) is 5.05. The Labute approximate surface area is 142 Å². The van der Waals surface area contributed by atoms with E-state index in [1.165, 1.54) is 11.3 Å². The molecule has 0 unspecified atom stereocenters. The van der Waals surface area contributed by atoms with Crippen molar-refractivity contribution in [1.29, 1.82) is 0 Å². The lowest BCUT2D eigenvalue weighted by molar-refractivity contribution is 0.347. The number of nitrogens with zero attached hydrogens (tertiary/aromatic N) is 2. The van der Waals surface area contributed by atoms with Crippen molar-refractivity contribution < 1.29 is 8.42 Å². The van der Waals surface area contributed by atoms with Crippen LogP contribution in [0.25, 0.3) is 0 Å². The second kappa shape index (κ2) is 7.94. The molecule has 1 saturated heterocycles. The molecule has 0 radical (unpaired) electrons. The predicted octanol–water partition coefficient (Wildman–Crippen LogP) is 1.90. The second-order valence-corrected chi connectivity index (χ2v) is 9.03. The number of guanidine groups is 1. The van der Waals surface area contributed by atoms with Crippen LogP contribution in [0.3, 0.4) is 0 Å². The lowest BCUT2D eigenvalue weighted by atomic mass is 10.2. The van der Waals surface area contributed by atoms with Crippen LogP contribution >= 0.6 is 11.3 Å². The average molecular weight is 357 g/mol. The van der Waals surface area contributed by atoms with E-state index in [9.17, 15) is 8.42 Å². The quantitative estimate of drug-likeness (QED) is 0.463. The number of thiophene rings is 1. The Balaban J connectivity index is 1.99. The normalized spacial score (nSPS) is 17.2. The summed E-state index contributed by atoms with van der Waals surface area (Å²) in [4.78, 5) is 5.09. The predicted molar refractivity (Wildman–Crippen MR) is 95.1 cm³/mol. The highest BCUT2D eigenvalue weighted by atomic mass is 32.2. The Bertz CT molecular complexity index is 673. The van der Waals surface area contributed by atoms with E-state index in [1.807, 2.05) is 6.92 Å². The van der Waals surface area contributed by atoms with Crippen molar-refractivity contribution in [2.24, 2.45) is 10.7 Å². The molecule has 8 heteroatoms. The van der Waals surface area contributed by atoms with Gasteiger partial charge in [-0.25, -0.2) is 13.4 Å². The summed E-state index contributed by atoms with van der Waals surface area (Å²) < 4.78 is 27.1. The lowest BCUT2D eigenvalue weighted by Crippen LogP contribution is -2.35. The molecule has 1 aliphatic heterocycles. The molecule has 1 aromatic rings. The van der Waals surface area contributed by atoms with Gasteiger partial charge in [0.1, 0.15) is 4.21 Å². The Hall–Kier alpha value is -1.38. The van der Waals surface area contributed by atoms with Gasteiger partial charge in [0.25, 0.3) is 10.0 Å². The van der Waals surface area contributed by atoms with Gasteiger partial charge >= 0.3 is 0 Å².